The number of carbonyl (C=O) groups is 1. The summed E-state index contributed by atoms with van der Waals surface area (Å²) in [5, 5.41) is 5.45. The van der Waals surface area contributed by atoms with Crippen molar-refractivity contribution in [3.05, 3.63) is 83.0 Å². The third kappa shape index (κ3) is 4.99. The predicted molar refractivity (Wildman–Crippen MR) is 103 cm³/mol. The van der Waals surface area contributed by atoms with Crippen LogP contribution in [0.25, 0.3) is 0 Å². The first kappa shape index (κ1) is 18.7. The Hall–Kier alpha value is -3.04. The van der Waals surface area contributed by atoms with Crippen LogP contribution >= 0.6 is 11.3 Å². The van der Waals surface area contributed by atoms with Gasteiger partial charge in [-0.3, -0.25) is 9.52 Å². The van der Waals surface area contributed by atoms with Crippen LogP contribution in [0.4, 0.5) is 10.1 Å². The van der Waals surface area contributed by atoms with Gasteiger partial charge in [-0.25, -0.2) is 18.2 Å². The largest absolute Gasteiger partial charge is 0.279 e. The summed E-state index contributed by atoms with van der Waals surface area (Å²) in [5.41, 5.74) is 3.47. The number of nitrogens with one attached hydrogen (secondary N) is 2. The van der Waals surface area contributed by atoms with Crippen molar-refractivity contribution in [2.75, 3.05) is 4.72 Å². The van der Waals surface area contributed by atoms with E-state index in [0.717, 1.165) is 11.3 Å². The normalized spacial score (nSPS) is 11.4. The fraction of sp³-hybridized carbons (Fsp3) is 0. The van der Waals surface area contributed by atoms with Gasteiger partial charge < -0.3 is 0 Å². The molecule has 1 heterocycles. The molecule has 9 heteroatoms. The average Bonchev–Trinajstić information content (AvgIpc) is 3.18. The van der Waals surface area contributed by atoms with E-state index in [1.54, 1.807) is 17.5 Å². The number of halogens is 1. The van der Waals surface area contributed by atoms with Crippen molar-refractivity contribution in [2.24, 2.45) is 5.10 Å². The number of hydrogen-bond donors (Lipinski definition) is 2. The Kier molecular flexibility index (Phi) is 5.63. The van der Waals surface area contributed by atoms with E-state index in [4.69, 9.17) is 0 Å². The van der Waals surface area contributed by atoms with Crippen LogP contribution in [0.1, 0.15) is 15.9 Å². The van der Waals surface area contributed by atoms with E-state index < -0.39 is 21.7 Å². The quantitative estimate of drug-likeness (QED) is 0.488. The van der Waals surface area contributed by atoms with Gasteiger partial charge in [0.25, 0.3) is 15.9 Å². The molecule has 2 aromatic carbocycles. The van der Waals surface area contributed by atoms with Crippen LogP contribution in [0.15, 0.2) is 75.4 Å². The van der Waals surface area contributed by atoms with E-state index in [1.165, 1.54) is 54.7 Å². The highest BCUT2D eigenvalue weighted by Crippen LogP contribution is 2.20. The zero-order valence-corrected chi connectivity index (χ0v) is 15.4. The zero-order valence-electron chi connectivity index (χ0n) is 13.8. The summed E-state index contributed by atoms with van der Waals surface area (Å²) in [6.07, 6.45) is 1.32. The lowest BCUT2D eigenvalue weighted by Crippen LogP contribution is -2.17. The SMILES string of the molecule is O=C(N/N=C\c1cccc(F)c1)c1ccc(NS(=O)(=O)c2cccs2)cc1. The number of rotatable bonds is 6. The Balaban J connectivity index is 1.62. The number of sulfonamides is 1. The van der Waals surface area contributed by atoms with Gasteiger partial charge in [-0.2, -0.15) is 5.10 Å². The molecule has 27 heavy (non-hydrogen) atoms. The standard InChI is InChI=1S/C18H14FN3O3S2/c19-15-4-1-3-13(11-15)12-20-21-18(23)14-6-8-16(9-7-14)22-27(24,25)17-5-2-10-26-17/h1-12,22H,(H,21,23)/b20-12-. The van der Waals surface area contributed by atoms with Crippen LogP contribution in [0, 0.1) is 5.82 Å². The molecule has 1 amide bonds. The first-order valence-corrected chi connectivity index (χ1v) is 10.1. The van der Waals surface area contributed by atoms with Gasteiger partial charge in [0.2, 0.25) is 0 Å². The Bertz CT molecular complexity index is 1060. The summed E-state index contributed by atoms with van der Waals surface area (Å²) in [6.45, 7) is 0. The summed E-state index contributed by atoms with van der Waals surface area (Å²) in [6, 6.07) is 14.8. The van der Waals surface area contributed by atoms with Gasteiger partial charge in [0.15, 0.2) is 0 Å². The highest BCUT2D eigenvalue weighted by atomic mass is 32.2. The molecule has 0 saturated heterocycles. The maximum atomic E-state index is 13.1. The van der Waals surface area contributed by atoms with E-state index in [0.29, 0.717) is 16.8 Å². The lowest BCUT2D eigenvalue weighted by molar-refractivity contribution is 0.0955. The lowest BCUT2D eigenvalue weighted by atomic mass is 10.2. The molecule has 0 spiro atoms. The average molecular weight is 403 g/mol. The van der Waals surface area contributed by atoms with E-state index >= 15 is 0 Å². The zero-order chi connectivity index (χ0) is 19.3. The monoisotopic (exact) mass is 403 g/mol. The third-order valence-electron chi connectivity index (χ3n) is 3.39. The van der Waals surface area contributed by atoms with Crippen molar-refractivity contribution < 1.29 is 17.6 Å². The number of thiophene rings is 1. The van der Waals surface area contributed by atoms with Gasteiger partial charge in [0, 0.05) is 11.3 Å². The number of nitrogens with zero attached hydrogens (tertiary/aromatic N) is 1. The molecule has 0 radical (unpaired) electrons. The number of hydrazone groups is 1. The maximum absolute atomic E-state index is 13.1. The molecule has 0 aliphatic carbocycles. The Labute approximate surface area is 159 Å². The minimum atomic E-state index is -3.64. The second-order valence-corrected chi connectivity index (χ2v) is 8.23. The molecule has 0 atom stereocenters. The van der Waals surface area contributed by atoms with E-state index in [2.05, 4.69) is 15.2 Å². The number of carbonyl (C=O) groups excluding carboxylic acids is 1. The number of benzene rings is 2. The van der Waals surface area contributed by atoms with Gasteiger partial charge in [-0.1, -0.05) is 18.2 Å². The molecule has 3 rings (SSSR count). The van der Waals surface area contributed by atoms with Crippen molar-refractivity contribution in [1.82, 2.24) is 5.43 Å². The smallest absolute Gasteiger partial charge is 0.271 e. The van der Waals surface area contributed by atoms with E-state index in [9.17, 15) is 17.6 Å². The van der Waals surface area contributed by atoms with Crippen LogP contribution in [-0.4, -0.2) is 20.5 Å². The summed E-state index contributed by atoms with van der Waals surface area (Å²) >= 11 is 1.11. The van der Waals surface area contributed by atoms with Crippen molar-refractivity contribution in [3.8, 4) is 0 Å². The number of anilines is 1. The van der Waals surface area contributed by atoms with Crippen LogP contribution in [0.2, 0.25) is 0 Å². The van der Waals surface area contributed by atoms with Crippen LogP contribution < -0.4 is 10.1 Å². The molecule has 0 fully saturated rings. The highest BCUT2D eigenvalue weighted by molar-refractivity contribution is 7.94. The third-order valence-corrected chi connectivity index (χ3v) is 6.17. The summed E-state index contributed by atoms with van der Waals surface area (Å²) in [7, 11) is -3.64. The molecular weight excluding hydrogens is 389 g/mol. The first-order valence-electron chi connectivity index (χ1n) is 7.69. The fourth-order valence-corrected chi connectivity index (χ4v) is 4.18. The van der Waals surface area contributed by atoms with Crippen molar-refractivity contribution in [3.63, 3.8) is 0 Å². The fourth-order valence-electron chi connectivity index (χ4n) is 2.13. The first-order chi connectivity index (χ1) is 12.9. The van der Waals surface area contributed by atoms with Crippen LogP contribution in [-0.2, 0) is 10.0 Å². The van der Waals surface area contributed by atoms with Gasteiger partial charge in [0.1, 0.15) is 10.0 Å². The molecule has 6 nitrogen and oxygen atoms in total. The lowest BCUT2D eigenvalue weighted by Gasteiger charge is -2.07. The van der Waals surface area contributed by atoms with E-state index in [1.807, 2.05) is 0 Å². The molecule has 1 aromatic heterocycles. The van der Waals surface area contributed by atoms with Crippen LogP contribution in [0.3, 0.4) is 0 Å². The van der Waals surface area contributed by atoms with Gasteiger partial charge in [-0.15, -0.1) is 11.3 Å². The molecule has 0 bridgehead atoms. The summed E-state index contributed by atoms with van der Waals surface area (Å²) < 4.78 is 40.0. The maximum Gasteiger partial charge on any atom is 0.271 e. The molecule has 0 aliphatic heterocycles. The molecule has 0 unspecified atom stereocenters. The van der Waals surface area contributed by atoms with E-state index in [-0.39, 0.29) is 4.21 Å². The number of hydrogen-bond acceptors (Lipinski definition) is 5. The van der Waals surface area contributed by atoms with Crippen molar-refractivity contribution in [1.29, 1.82) is 0 Å². The Morgan fingerprint density at radius 2 is 1.85 bits per heavy atom. The highest BCUT2D eigenvalue weighted by Gasteiger charge is 2.15. The second-order valence-electron chi connectivity index (χ2n) is 5.37. The number of amides is 1. The molecule has 2 N–H and O–H groups in total. The predicted octanol–water partition coefficient (Wildman–Crippen LogP) is 3.45. The minimum Gasteiger partial charge on any atom is -0.279 e. The molecule has 0 saturated carbocycles. The van der Waals surface area contributed by atoms with Gasteiger partial charge >= 0.3 is 0 Å². The summed E-state index contributed by atoms with van der Waals surface area (Å²) in [4.78, 5) is 12.0. The van der Waals surface area contributed by atoms with Gasteiger partial charge in [0.05, 0.1) is 6.21 Å². The van der Waals surface area contributed by atoms with Crippen molar-refractivity contribution >= 4 is 39.2 Å². The summed E-state index contributed by atoms with van der Waals surface area (Å²) in [5.74, 6) is -0.874. The van der Waals surface area contributed by atoms with Gasteiger partial charge in [-0.05, 0) is 53.4 Å². The molecule has 138 valence electrons. The second kappa shape index (κ2) is 8.11. The molecular formula is C18H14FN3O3S2. The molecule has 0 aliphatic rings. The van der Waals surface area contributed by atoms with Crippen molar-refractivity contribution in [2.45, 2.75) is 4.21 Å². The minimum absolute atomic E-state index is 0.205. The molecule has 3 aromatic rings. The Morgan fingerprint density at radius 3 is 2.52 bits per heavy atom. The van der Waals surface area contributed by atoms with Crippen LogP contribution in [0.5, 0.6) is 0 Å². The topological polar surface area (TPSA) is 87.6 Å². The Morgan fingerprint density at radius 1 is 1.07 bits per heavy atom.